The second-order valence-corrected chi connectivity index (χ2v) is 10.3. The molecule has 0 bridgehead atoms. The van der Waals surface area contributed by atoms with Crippen LogP contribution in [-0.2, 0) is 0 Å². The van der Waals surface area contributed by atoms with Gasteiger partial charge >= 0.3 is 0 Å². The maximum Gasteiger partial charge on any atom is 0.214 e. The predicted octanol–water partition coefficient (Wildman–Crippen LogP) is 3.92. The lowest BCUT2D eigenvalue weighted by atomic mass is 10.4. The summed E-state index contributed by atoms with van der Waals surface area (Å²) in [5.74, 6) is 0. The van der Waals surface area contributed by atoms with Crippen molar-refractivity contribution in [1.29, 1.82) is 0 Å². The van der Waals surface area contributed by atoms with Gasteiger partial charge in [-0.05, 0) is 41.2 Å². The average molecular weight is 302 g/mol. The average Bonchev–Trinajstić information content (AvgIpc) is 2.30. The van der Waals surface area contributed by atoms with Crippen molar-refractivity contribution in [1.82, 2.24) is 0 Å². The fourth-order valence-electron chi connectivity index (χ4n) is 1.69. The van der Waals surface area contributed by atoms with Gasteiger partial charge in [0.25, 0.3) is 0 Å². The Morgan fingerprint density at radius 2 is 1.00 bits per heavy atom. The standard InChI is InChI=1S/C13H11Cl3Si/c1-17(16,12-6-2-10(14)3-7-12)13-8-4-11(15)5-9-13/h2-9H,1H3. The fraction of sp³-hybridized carbons (Fsp3) is 0.0769. The quantitative estimate of drug-likeness (QED) is 0.582. The number of hydrogen-bond acceptors (Lipinski definition) is 0. The molecule has 17 heavy (non-hydrogen) atoms. The van der Waals surface area contributed by atoms with Crippen LogP contribution in [0.25, 0.3) is 0 Å². The lowest BCUT2D eigenvalue weighted by molar-refractivity contribution is 1.71. The van der Waals surface area contributed by atoms with Crippen LogP contribution in [0.15, 0.2) is 48.5 Å². The highest BCUT2D eigenvalue weighted by Crippen LogP contribution is 2.14. The maximum atomic E-state index is 6.74. The van der Waals surface area contributed by atoms with Crippen LogP contribution < -0.4 is 10.4 Å². The predicted molar refractivity (Wildman–Crippen MR) is 79.6 cm³/mol. The number of halogens is 3. The molecule has 0 saturated heterocycles. The molecule has 2 rings (SSSR count). The van der Waals surface area contributed by atoms with Crippen molar-refractivity contribution < 1.29 is 0 Å². The van der Waals surface area contributed by atoms with Crippen molar-refractivity contribution in [2.45, 2.75) is 6.55 Å². The fourth-order valence-corrected chi connectivity index (χ4v) is 4.62. The molecule has 0 aliphatic carbocycles. The van der Waals surface area contributed by atoms with Crippen LogP contribution in [0, 0.1) is 0 Å². The molecule has 2 aromatic rings. The molecule has 0 amide bonds. The summed E-state index contributed by atoms with van der Waals surface area (Å²) in [4.78, 5) is 0. The van der Waals surface area contributed by atoms with E-state index in [4.69, 9.17) is 34.3 Å². The van der Waals surface area contributed by atoms with Crippen LogP contribution in [0.5, 0.6) is 0 Å². The van der Waals surface area contributed by atoms with Crippen LogP contribution in [0.1, 0.15) is 0 Å². The number of hydrogen-bond donors (Lipinski definition) is 0. The zero-order valence-electron chi connectivity index (χ0n) is 9.25. The first-order valence-corrected chi connectivity index (χ1v) is 9.48. The van der Waals surface area contributed by atoms with Crippen LogP contribution in [-0.4, -0.2) is 7.38 Å². The van der Waals surface area contributed by atoms with E-state index in [1.165, 1.54) is 0 Å². The first kappa shape index (κ1) is 13.0. The highest BCUT2D eigenvalue weighted by molar-refractivity contribution is 7.33. The van der Waals surface area contributed by atoms with Gasteiger partial charge in [0.2, 0.25) is 7.38 Å². The van der Waals surface area contributed by atoms with E-state index in [2.05, 4.69) is 6.55 Å². The van der Waals surface area contributed by atoms with Gasteiger partial charge in [0.15, 0.2) is 0 Å². The number of benzene rings is 2. The van der Waals surface area contributed by atoms with Gasteiger partial charge in [-0.1, -0.05) is 47.5 Å². The molecule has 0 aliphatic heterocycles. The lowest BCUT2D eigenvalue weighted by Crippen LogP contribution is -2.50. The van der Waals surface area contributed by atoms with Crippen molar-refractivity contribution in [3.8, 4) is 0 Å². The van der Waals surface area contributed by atoms with E-state index < -0.39 is 7.38 Å². The lowest BCUT2D eigenvalue weighted by Gasteiger charge is -2.20. The minimum Gasteiger partial charge on any atom is -0.155 e. The van der Waals surface area contributed by atoms with Gasteiger partial charge in [0.05, 0.1) is 0 Å². The molecule has 0 spiro atoms. The van der Waals surface area contributed by atoms with E-state index in [0.717, 1.165) is 20.4 Å². The summed E-state index contributed by atoms with van der Waals surface area (Å²) in [7, 11) is -2.15. The van der Waals surface area contributed by atoms with E-state index >= 15 is 0 Å². The second kappa shape index (κ2) is 5.03. The minimum atomic E-state index is -2.15. The van der Waals surface area contributed by atoms with Crippen LogP contribution in [0.3, 0.4) is 0 Å². The van der Waals surface area contributed by atoms with E-state index in [1.54, 1.807) is 0 Å². The zero-order valence-corrected chi connectivity index (χ0v) is 12.5. The van der Waals surface area contributed by atoms with Gasteiger partial charge in [-0.2, -0.15) is 11.1 Å². The van der Waals surface area contributed by atoms with Gasteiger partial charge in [-0.3, -0.25) is 0 Å². The number of rotatable bonds is 2. The monoisotopic (exact) mass is 300 g/mol. The Labute approximate surface area is 117 Å². The SMILES string of the molecule is C[Si](Cl)(c1ccc(Cl)cc1)c1ccc(Cl)cc1. The normalized spacial score (nSPS) is 11.5. The first-order chi connectivity index (χ1) is 8.00. The highest BCUT2D eigenvalue weighted by Gasteiger charge is 2.29. The largest absolute Gasteiger partial charge is 0.214 e. The molecule has 2 aromatic carbocycles. The molecule has 0 saturated carbocycles. The summed E-state index contributed by atoms with van der Waals surface area (Å²) in [5, 5.41) is 3.74. The molecule has 0 heterocycles. The third-order valence-electron chi connectivity index (χ3n) is 2.77. The highest BCUT2D eigenvalue weighted by atomic mass is 35.6. The molecule has 0 nitrogen and oxygen atoms in total. The topological polar surface area (TPSA) is 0 Å². The van der Waals surface area contributed by atoms with Crippen molar-refractivity contribution in [2.24, 2.45) is 0 Å². The molecular formula is C13H11Cl3Si. The Morgan fingerprint density at radius 3 is 1.29 bits per heavy atom. The first-order valence-electron chi connectivity index (χ1n) is 5.21. The van der Waals surface area contributed by atoms with Crippen LogP contribution in [0.2, 0.25) is 16.6 Å². The zero-order chi connectivity index (χ0) is 12.5. The summed E-state index contributed by atoms with van der Waals surface area (Å²) in [6, 6.07) is 15.5. The summed E-state index contributed by atoms with van der Waals surface area (Å²) in [5.41, 5.74) is 0. The van der Waals surface area contributed by atoms with Crippen molar-refractivity contribution in [2.75, 3.05) is 0 Å². The molecule has 4 heteroatoms. The van der Waals surface area contributed by atoms with Gasteiger partial charge in [-0.15, -0.1) is 0 Å². The van der Waals surface area contributed by atoms with Crippen molar-refractivity contribution in [3.05, 3.63) is 58.6 Å². The van der Waals surface area contributed by atoms with E-state index in [-0.39, 0.29) is 0 Å². The Morgan fingerprint density at radius 1 is 0.706 bits per heavy atom. The molecule has 0 unspecified atom stereocenters. The Balaban J connectivity index is 2.41. The molecule has 0 aliphatic rings. The third-order valence-corrected chi connectivity index (χ3v) is 7.42. The van der Waals surface area contributed by atoms with Gasteiger partial charge in [-0.25, -0.2) is 0 Å². The summed E-state index contributed by atoms with van der Waals surface area (Å²) in [6.07, 6.45) is 0. The van der Waals surface area contributed by atoms with Crippen molar-refractivity contribution in [3.63, 3.8) is 0 Å². The van der Waals surface area contributed by atoms with Crippen LogP contribution in [0.4, 0.5) is 0 Å². The van der Waals surface area contributed by atoms with Crippen molar-refractivity contribution >= 4 is 52.0 Å². The second-order valence-electron chi connectivity index (χ2n) is 4.02. The molecule has 88 valence electrons. The van der Waals surface area contributed by atoms with E-state index in [9.17, 15) is 0 Å². The summed E-state index contributed by atoms with van der Waals surface area (Å²) < 4.78 is 0. The van der Waals surface area contributed by atoms with Gasteiger partial charge < -0.3 is 0 Å². The molecule has 0 radical (unpaired) electrons. The third kappa shape index (κ3) is 2.86. The van der Waals surface area contributed by atoms with Crippen LogP contribution >= 0.6 is 34.3 Å². The summed E-state index contributed by atoms with van der Waals surface area (Å²) in [6.45, 7) is 2.10. The smallest absolute Gasteiger partial charge is 0.155 e. The Hall–Kier alpha value is -0.473. The molecule has 0 aromatic heterocycles. The molecular weight excluding hydrogens is 291 g/mol. The Kier molecular flexibility index (Phi) is 3.84. The molecule has 0 atom stereocenters. The van der Waals surface area contributed by atoms with Gasteiger partial charge in [0, 0.05) is 10.0 Å². The molecule has 0 fully saturated rings. The van der Waals surface area contributed by atoms with E-state index in [0.29, 0.717) is 0 Å². The Bertz CT molecular complexity index is 456. The maximum absolute atomic E-state index is 6.74. The van der Waals surface area contributed by atoms with E-state index in [1.807, 2.05) is 48.5 Å². The summed E-state index contributed by atoms with van der Waals surface area (Å²) >= 11 is 18.5. The molecule has 0 N–H and O–H groups in total. The van der Waals surface area contributed by atoms with Gasteiger partial charge in [0.1, 0.15) is 0 Å². The minimum absolute atomic E-state index is 0.728.